The number of hydrogen-bond donors (Lipinski definition) is 1. The van der Waals surface area contributed by atoms with Gasteiger partial charge in [-0.1, -0.05) is 12.5 Å². The smallest absolute Gasteiger partial charge is 0.130 e. The Kier molecular flexibility index (Phi) is 4.88. The first-order chi connectivity index (χ1) is 9.08. The molecule has 0 amide bonds. The fourth-order valence-corrected chi connectivity index (χ4v) is 2.82. The van der Waals surface area contributed by atoms with Gasteiger partial charge >= 0.3 is 0 Å². The summed E-state index contributed by atoms with van der Waals surface area (Å²) >= 11 is 0. The molecule has 0 bridgehead atoms. The number of piperidine rings is 1. The summed E-state index contributed by atoms with van der Waals surface area (Å²) in [4.78, 5) is 2.09. The van der Waals surface area contributed by atoms with Crippen molar-refractivity contribution in [2.75, 3.05) is 6.54 Å². The largest absolute Gasteiger partial charge is 0.393 e. The number of nitrogens with zero attached hydrogens (tertiary/aromatic N) is 1. The zero-order valence-corrected chi connectivity index (χ0v) is 11.3. The summed E-state index contributed by atoms with van der Waals surface area (Å²) in [6.07, 6.45) is 3.44. The molecule has 0 spiro atoms. The molecule has 0 radical (unpaired) electrons. The third-order valence-corrected chi connectivity index (χ3v) is 3.79. The van der Waals surface area contributed by atoms with Crippen LogP contribution in [-0.2, 0) is 6.54 Å². The SMILES string of the molecule is CC(O)CC1CCCCN1Cc1c(F)cccc1F. The van der Waals surface area contributed by atoms with Crippen LogP contribution in [0.4, 0.5) is 8.78 Å². The molecule has 1 fully saturated rings. The highest BCUT2D eigenvalue weighted by molar-refractivity contribution is 5.19. The van der Waals surface area contributed by atoms with Crippen molar-refractivity contribution in [1.82, 2.24) is 4.90 Å². The summed E-state index contributed by atoms with van der Waals surface area (Å²) in [5.74, 6) is -0.970. The van der Waals surface area contributed by atoms with Crippen LogP contribution < -0.4 is 0 Å². The maximum Gasteiger partial charge on any atom is 0.130 e. The summed E-state index contributed by atoms with van der Waals surface area (Å²) in [5, 5.41) is 9.52. The lowest BCUT2D eigenvalue weighted by Crippen LogP contribution is -2.41. The van der Waals surface area contributed by atoms with E-state index in [9.17, 15) is 13.9 Å². The van der Waals surface area contributed by atoms with Gasteiger partial charge in [-0.2, -0.15) is 0 Å². The molecular weight excluding hydrogens is 248 g/mol. The van der Waals surface area contributed by atoms with Crippen LogP contribution in [0, 0.1) is 11.6 Å². The van der Waals surface area contributed by atoms with Gasteiger partial charge in [0.15, 0.2) is 0 Å². The van der Waals surface area contributed by atoms with Crippen LogP contribution in [0.3, 0.4) is 0 Å². The van der Waals surface area contributed by atoms with Crippen molar-refractivity contribution < 1.29 is 13.9 Å². The van der Waals surface area contributed by atoms with E-state index in [0.29, 0.717) is 6.42 Å². The van der Waals surface area contributed by atoms with Gasteiger partial charge in [0.2, 0.25) is 0 Å². The normalized spacial score (nSPS) is 22.4. The number of benzene rings is 1. The monoisotopic (exact) mass is 269 g/mol. The van der Waals surface area contributed by atoms with Gasteiger partial charge < -0.3 is 5.11 Å². The summed E-state index contributed by atoms with van der Waals surface area (Å²) in [6.45, 7) is 2.89. The predicted molar refractivity (Wildman–Crippen MR) is 70.7 cm³/mol. The van der Waals surface area contributed by atoms with E-state index < -0.39 is 11.6 Å². The Morgan fingerprint density at radius 3 is 2.63 bits per heavy atom. The summed E-state index contributed by atoms with van der Waals surface area (Å²) in [6, 6.07) is 4.20. The second kappa shape index (κ2) is 6.44. The maximum absolute atomic E-state index is 13.7. The first-order valence-electron chi connectivity index (χ1n) is 6.93. The Labute approximate surface area is 113 Å². The van der Waals surface area contributed by atoms with Gasteiger partial charge in [0.1, 0.15) is 11.6 Å². The summed E-state index contributed by atoms with van der Waals surface area (Å²) in [5.41, 5.74) is 0.139. The van der Waals surface area contributed by atoms with E-state index in [-0.39, 0.29) is 24.3 Å². The molecule has 4 heteroatoms. The Morgan fingerprint density at radius 2 is 2.00 bits per heavy atom. The van der Waals surface area contributed by atoms with Crippen LogP contribution in [0.5, 0.6) is 0 Å². The van der Waals surface area contributed by atoms with Gasteiger partial charge in [-0.25, -0.2) is 8.78 Å². The van der Waals surface area contributed by atoms with Crippen molar-refractivity contribution in [3.63, 3.8) is 0 Å². The van der Waals surface area contributed by atoms with Crippen molar-refractivity contribution in [3.05, 3.63) is 35.4 Å². The van der Waals surface area contributed by atoms with Gasteiger partial charge in [0, 0.05) is 18.2 Å². The number of halogens is 2. The highest BCUT2D eigenvalue weighted by atomic mass is 19.1. The third-order valence-electron chi connectivity index (χ3n) is 3.79. The van der Waals surface area contributed by atoms with E-state index in [2.05, 4.69) is 4.90 Å². The van der Waals surface area contributed by atoms with Gasteiger partial charge in [-0.3, -0.25) is 4.90 Å². The van der Waals surface area contributed by atoms with Gasteiger partial charge in [-0.05, 0) is 44.9 Å². The minimum atomic E-state index is -0.485. The maximum atomic E-state index is 13.7. The second-order valence-corrected chi connectivity index (χ2v) is 5.41. The quantitative estimate of drug-likeness (QED) is 0.908. The number of likely N-dealkylation sites (tertiary alicyclic amines) is 1. The Morgan fingerprint density at radius 1 is 1.32 bits per heavy atom. The molecule has 1 aromatic carbocycles. The lowest BCUT2D eigenvalue weighted by Gasteiger charge is -2.36. The van der Waals surface area contributed by atoms with Crippen LogP contribution in [0.1, 0.15) is 38.2 Å². The molecular formula is C15H21F2NO. The number of hydrogen-bond acceptors (Lipinski definition) is 2. The van der Waals surface area contributed by atoms with Crippen molar-refractivity contribution in [2.45, 2.75) is 51.3 Å². The van der Waals surface area contributed by atoms with Crippen LogP contribution in [0.2, 0.25) is 0 Å². The molecule has 0 aliphatic carbocycles. The van der Waals surface area contributed by atoms with E-state index in [0.717, 1.165) is 25.8 Å². The molecule has 0 aromatic heterocycles. The number of rotatable bonds is 4. The Hall–Kier alpha value is -1.00. The molecule has 19 heavy (non-hydrogen) atoms. The highest BCUT2D eigenvalue weighted by Crippen LogP contribution is 2.24. The Bertz CT molecular complexity index is 402. The first kappa shape index (κ1) is 14.4. The number of aliphatic hydroxyl groups is 1. The van der Waals surface area contributed by atoms with Crippen LogP contribution in [-0.4, -0.2) is 28.7 Å². The van der Waals surface area contributed by atoms with Crippen molar-refractivity contribution in [3.8, 4) is 0 Å². The summed E-state index contributed by atoms with van der Waals surface area (Å²) < 4.78 is 27.4. The third kappa shape index (κ3) is 3.74. The van der Waals surface area contributed by atoms with Gasteiger partial charge in [-0.15, -0.1) is 0 Å². The molecule has 1 aliphatic heterocycles. The molecule has 2 nitrogen and oxygen atoms in total. The van der Waals surface area contributed by atoms with Crippen LogP contribution in [0.25, 0.3) is 0 Å². The minimum Gasteiger partial charge on any atom is -0.393 e. The number of aliphatic hydroxyl groups excluding tert-OH is 1. The first-order valence-corrected chi connectivity index (χ1v) is 6.93. The van der Waals surface area contributed by atoms with Crippen LogP contribution in [0.15, 0.2) is 18.2 Å². The average Bonchev–Trinajstić information content (AvgIpc) is 2.35. The molecule has 1 saturated heterocycles. The molecule has 1 N–H and O–H groups in total. The van der Waals surface area contributed by atoms with Crippen molar-refractivity contribution in [1.29, 1.82) is 0 Å². The highest BCUT2D eigenvalue weighted by Gasteiger charge is 2.25. The lowest BCUT2D eigenvalue weighted by atomic mass is 9.96. The predicted octanol–water partition coefficient (Wildman–Crippen LogP) is 3.09. The van der Waals surface area contributed by atoms with Gasteiger partial charge in [0.25, 0.3) is 0 Å². The zero-order chi connectivity index (χ0) is 13.8. The average molecular weight is 269 g/mol. The Balaban J connectivity index is 2.11. The van der Waals surface area contributed by atoms with Crippen molar-refractivity contribution >= 4 is 0 Å². The topological polar surface area (TPSA) is 23.5 Å². The molecule has 1 aliphatic rings. The fraction of sp³-hybridized carbons (Fsp3) is 0.600. The van der Waals surface area contributed by atoms with E-state index >= 15 is 0 Å². The molecule has 1 heterocycles. The fourth-order valence-electron chi connectivity index (χ4n) is 2.82. The zero-order valence-electron chi connectivity index (χ0n) is 11.3. The van der Waals surface area contributed by atoms with E-state index in [4.69, 9.17) is 0 Å². The van der Waals surface area contributed by atoms with E-state index in [1.54, 1.807) is 6.92 Å². The second-order valence-electron chi connectivity index (χ2n) is 5.41. The lowest BCUT2D eigenvalue weighted by molar-refractivity contribution is 0.0802. The molecule has 2 rings (SSSR count). The molecule has 0 saturated carbocycles. The van der Waals surface area contributed by atoms with Crippen molar-refractivity contribution in [2.24, 2.45) is 0 Å². The molecule has 1 aromatic rings. The van der Waals surface area contributed by atoms with E-state index in [1.165, 1.54) is 18.2 Å². The van der Waals surface area contributed by atoms with Crippen LogP contribution >= 0.6 is 0 Å². The molecule has 2 atom stereocenters. The standard InChI is InChI=1S/C15H21F2NO/c1-11(19)9-12-5-2-3-8-18(12)10-13-14(16)6-4-7-15(13)17/h4,6-7,11-12,19H,2-3,5,8-10H2,1H3. The summed E-state index contributed by atoms with van der Waals surface area (Å²) in [7, 11) is 0. The molecule has 106 valence electrons. The minimum absolute atomic E-state index is 0.139. The van der Waals surface area contributed by atoms with Gasteiger partial charge in [0.05, 0.1) is 6.10 Å². The van der Waals surface area contributed by atoms with E-state index in [1.807, 2.05) is 0 Å². The molecule has 2 unspecified atom stereocenters.